The smallest absolute Gasteiger partial charge is 0.191 e. The van der Waals surface area contributed by atoms with Crippen molar-refractivity contribution in [3.63, 3.8) is 0 Å². The molecule has 2 aromatic carbocycles. The first-order valence-corrected chi connectivity index (χ1v) is 9.46. The summed E-state index contributed by atoms with van der Waals surface area (Å²) in [7, 11) is 1.77. The fourth-order valence-electron chi connectivity index (χ4n) is 3.73. The number of hydrogen-bond acceptors (Lipinski definition) is 2. The molecular formula is C22H28FN3O. The van der Waals surface area contributed by atoms with E-state index in [0.717, 1.165) is 44.1 Å². The highest BCUT2D eigenvalue weighted by molar-refractivity contribution is 5.79. The van der Waals surface area contributed by atoms with Crippen LogP contribution in [0.3, 0.4) is 0 Å². The van der Waals surface area contributed by atoms with Crippen molar-refractivity contribution in [2.24, 2.45) is 4.99 Å². The molecule has 1 fully saturated rings. The molecule has 1 saturated heterocycles. The van der Waals surface area contributed by atoms with Crippen LogP contribution in [0.1, 0.15) is 29.5 Å². The number of rotatable bonds is 5. The average molecular weight is 369 g/mol. The minimum absolute atomic E-state index is 0.0388. The summed E-state index contributed by atoms with van der Waals surface area (Å²) in [5.41, 5.74) is 3.75. The predicted molar refractivity (Wildman–Crippen MR) is 108 cm³/mol. The molecule has 5 heteroatoms. The van der Waals surface area contributed by atoms with Crippen LogP contribution < -0.4 is 10.6 Å². The van der Waals surface area contributed by atoms with Gasteiger partial charge in [0.1, 0.15) is 5.82 Å². The van der Waals surface area contributed by atoms with Gasteiger partial charge in [-0.3, -0.25) is 4.99 Å². The molecule has 2 aromatic rings. The molecule has 144 valence electrons. The highest BCUT2D eigenvalue weighted by atomic mass is 19.1. The molecule has 0 atom stereocenters. The van der Waals surface area contributed by atoms with Crippen molar-refractivity contribution in [3.05, 3.63) is 71.0 Å². The Labute approximate surface area is 160 Å². The lowest BCUT2D eigenvalue weighted by Gasteiger charge is -2.39. The zero-order chi connectivity index (χ0) is 19.1. The molecule has 4 nitrogen and oxygen atoms in total. The zero-order valence-corrected chi connectivity index (χ0v) is 16.1. The van der Waals surface area contributed by atoms with Gasteiger partial charge < -0.3 is 15.4 Å². The van der Waals surface area contributed by atoms with Crippen molar-refractivity contribution in [2.45, 2.75) is 31.7 Å². The molecule has 0 saturated carbocycles. The lowest BCUT2D eigenvalue weighted by atomic mass is 9.72. The number of hydrogen-bond donors (Lipinski definition) is 2. The Kier molecular flexibility index (Phi) is 6.45. The van der Waals surface area contributed by atoms with E-state index >= 15 is 0 Å². The average Bonchev–Trinajstić information content (AvgIpc) is 2.70. The standard InChI is InChI=1S/C22H28FN3O/c1-17-5-3-4-6-20(17)22(11-13-27-14-12-22)16-26-21(24-2)25-15-18-7-9-19(23)10-8-18/h3-10H,11-16H2,1-2H3,(H2,24,25,26). The number of aliphatic imine (C=N–C) groups is 1. The number of ether oxygens (including phenoxy) is 1. The molecule has 3 rings (SSSR count). The molecule has 0 unspecified atom stereocenters. The number of aryl methyl sites for hydroxylation is 1. The fourth-order valence-corrected chi connectivity index (χ4v) is 3.73. The third-order valence-electron chi connectivity index (χ3n) is 5.36. The van der Waals surface area contributed by atoms with Crippen LogP contribution in [0.5, 0.6) is 0 Å². The predicted octanol–water partition coefficient (Wildman–Crippen LogP) is 3.55. The van der Waals surface area contributed by atoms with Gasteiger partial charge in [0.15, 0.2) is 5.96 Å². The monoisotopic (exact) mass is 369 g/mol. The van der Waals surface area contributed by atoms with Crippen molar-refractivity contribution in [2.75, 3.05) is 26.8 Å². The van der Waals surface area contributed by atoms with E-state index in [2.05, 4.69) is 46.8 Å². The Morgan fingerprint density at radius 3 is 2.44 bits per heavy atom. The Bertz CT molecular complexity index is 767. The van der Waals surface area contributed by atoms with E-state index in [-0.39, 0.29) is 11.2 Å². The molecule has 0 bridgehead atoms. The summed E-state index contributed by atoms with van der Waals surface area (Å²) in [6.07, 6.45) is 1.97. The molecule has 27 heavy (non-hydrogen) atoms. The Hall–Kier alpha value is -2.40. The first-order chi connectivity index (χ1) is 13.1. The van der Waals surface area contributed by atoms with E-state index in [4.69, 9.17) is 4.74 Å². The van der Waals surface area contributed by atoms with E-state index in [1.165, 1.54) is 23.3 Å². The van der Waals surface area contributed by atoms with Crippen LogP contribution in [0.4, 0.5) is 4.39 Å². The van der Waals surface area contributed by atoms with Crippen molar-refractivity contribution >= 4 is 5.96 Å². The van der Waals surface area contributed by atoms with Crippen LogP contribution in [-0.4, -0.2) is 32.8 Å². The van der Waals surface area contributed by atoms with E-state index in [9.17, 15) is 4.39 Å². The topological polar surface area (TPSA) is 45.7 Å². The van der Waals surface area contributed by atoms with Gasteiger partial charge in [0.2, 0.25) is 0 Å². The minimum atomic E-state index is -0.221. The third kappa shape index (κ3) is 4.86. The van der Waals surface area contributed by atoms with E-state index in [1.54, 1.807) is 19.2 Å². The van der Waals surface area contributed by atoms with Gasteiger partial charge in [-0.2, -0.15) is 0 Å². The van der Waals surface area contributed by atoms with Crippen LogP contribution in [0, 0.1) is 12.7 Å². The second-order valence-corrected chi connectivity index (χ2v) is 7.11. The number of benzene rings is 2. The van der Waals surface area contributed by atoms with Crippen molar-refractivity contribution in [1.82, 2.24) is 10.6 Å². The first kappa shape index (κ1) is 19.4. The largest absolute Gasteiger partial charge is 0.381 e. The van der Waals surface area contributed by atoms with Gasteiger partial charge in [0, 0.05) is 38.8 Å². The molecule has 1 aliphatic rings. The molecular weight excluding hydrogens is 341 g/mol. The maximum Gasteiger partial charge on any atom is 0.191 e. The molecule has 0 radical (unpaired) electrons. The molecule has 0 aliphatic carbocycles. The summed E-state index contributed by atoms with van der Waals surface area (Å²) in [5.74, 6) is 0.528. The molecule has 1 aliphatic heterocycles. The van der Waals surface area contributed by atoms with Gasteiger partial charge in [0.25, 0.3) is 0 Å². The van der Waals surface area contributed by atoms with Gasteiger partial charge in [-0.25, -0.2) is 4.39 Å². The normalized spacial score (nSPS) is 16.8. The molecule has 0 aromatic heterocycles. The van der Waals surface area contributed by atoms with Crippen LogP contribution in [-0.2, 0) is 16.7 Å². The Balaban J connectivity index is 1.67. The van der Waals surface area contributed by atoms with Gasteiger partial charge in [-0.05, 0) is 48.6 Å². The summed E-state index contributed by atoms with van der Waals surface area (Å²) in [5, 5.41) is 6.81. The molecule has 2 N–H and O–H groups in total. The fraction of sp³-hybridized carbons (Fsp3) is 0.409. The second-order valence-electron chi connectivity index (χ2n) is 7.11. The number of nitrogens with zero attached hydrogens (tertiary/aromatic N) is 1. The van der Waals surface area contributed by atoms with Crippen LogP contribution in [0.25, 0.3) is 0 Å². The quantitative estimate of drug-likeness (QED) is 0.626. The first-order valence-electron chi connectivity index (χ1n) is 9.46. The van der Waals surface area contributed by atoms with Crippen molar-refractivity contribution in [3.8, 4) is 0 Å². The number of guanidine groups is 1. The molecule has 0 spiro atoms. The Morgan fingerprint density at radius 1 is 1.07 bits per heavy atom. The maximum absolute atomic E-state index is 13.0. The maximum atomic E-state index is 13.0. The second kappa shape index (κ2) is 9.00. The summed E-state index contributed by atoms with van der Waals surface area (Å²) >= 11 is 0. The highest BCUT2D eigenvalue weighted by Gasteiger charge is 2.35. The Morgan fingerprint density at radius 2 is 1.78 bits per heavy atom. The van der Waals surface area contributed by atoms with Crippen molar-refractivity contribution in [1.29, 1.82) is 0 Å². The third-order valence-corrected chi connectivity index (χ3v) is 5.36. The van der Waals surface area contributed by atoms with E-state index < -0.39 is 0 Å². The summed E-state index contributed by atoms with van der Waals surface area (Å²) in [4.78, 5) is 4.34. The van der Waals surface area contributed by atoms with E-state index in [0.29, 0.717) is 6.54 Å². The number of nitrogens with one attached hydrogen (secondary N) is 2. The number of halogens is 1. The summed E-state index contributed by atoms with van der Waals surface area (Å²) in [6, 6.07) is 15.1. The summed E-state index contributed by atoms with van der Waals surface area (Å²) < 4.78 is 18.7. The molecule has 0 amide bonds. The minimum Gasteiger partial charge on any atom is -0.381 e. The molecule has 1 heterocycles. The van der Waals surface area contributed by atoms with Gasteiger partial charge in [-0.1, -0.05) is 36.4 Å². The lowest BCUT2D eigenvalue weighted by Crippen LogP contribution is -2.48. The highest BCUT2D eigenvalue weighted by Crippen LogP contribution is 2.36. The van der Waals surface area contributed by atoms with E-state index in [1.807, 2.05) is 0 Å². The van der Waals surface area contributed by atoms with Crippen LogP contribution in [0.15, 0.2) is 53.5 Å². The van der Waals surface area contributed by atoms with Gasteiger partial charge in [0.05, 0.1) is 0 Å². The van der Waals surface area contributed by atoms with Gasteiger partial charge in [-0.15, -0.1) is 0 Å². The lowest BCUT2D eigenvalue weighted by molar-refractivity contribution is 0.0512. The summed E-state index contributed by atoms with van der Waals surface area (Å²) in [6.45, 7) is 5.12. The SMILES string of the molecule is CN=C(NCc1ccc(F)cc1)NCC1(c2ccccc2C)CCOCC1. The van der Waals surface area contributed by atoms with Crippen LogP contribution >= 0.6 is 0 Å². The van der Waals surface area contributed by atoms with Gasteiger partial charge >= 0.3 is 0 Å². The van der Waals surface area contributed by atoms with Crippen LogP contribution in [0.2, 0.25) is 0 Å². The zero-order valence-electron chi connectivity index (χ0n) is 16.1. The van der Waals surface area contributed by atoms with Crippen molar-refractivity contribution < 1.29 is 9.13 Å².